The molecule has 0 heterocycles. The van der Waals surface area contributed by atoms with Crippen LogP contribution in [-0.2, 0) is 9.61 Å². The molecule has 4 nitrogen and oxygen atoms in total. The van der Waals surface area contributed by atoms with E-state index in [0.717, 1.165) is 42.7 Å². The lowest BCUT2D eigenvalue weighted by atomic mass is 9.72. The van der Waals surface area contributed by atoms with Crippen LogP contribution in [0.4, 0.5) is 0 Å². The van der Waals surface area contributed by atoms with Crippen molar-refractivity contribution >= 4 is 23.6 Å². The maximum Gasteiger partial charge on any atom is 0.337 e. The lowest BCUT2D eigenvalue weighted by Crippen LogP contribution is -2.39. The molecule has 3 rings (SSSR count). The smallest absolute Gasteiger partial charge is 0.337 e. The monoisotopic (exact) mass is 427 g/mol. The Kier molecular flexibility index (Phi) is 7.22. The van der Waals surface area contributed by atoms with Crippen LogP contribution >= 0.6 is 11.6 Å². The van der Waals surface area contributed by atoms with Crippen molar-refractivity contribution in [3.63, 3.8) is 0 Å². The number of hydrogen-bond donors (Lipinski definition) is 0. The summed E-state index contributed by atoms with van der Waals surface area (Å²) < 4.78 is 10.3. The van der Waals surface area contributed by atoms with E-state index in [4.69, 9.17) is 21.1 Å². The summed E-state index contributed by atoms with van der Waals surface area (Å²) in [6.07, 6.45) is 4.90. The molecule has 160 valence electrons. The SMILES string of the molecule is COC(=O)c1cccc(C=C2CCC(CN(C)C)C(Cl)(c3cccc(OC)c3)C2)c1. The van der Waals surface area contributed by atoms with Gasteiger partial charge in [0.2, 0.25) is 0 Å². The molecule has 2 unspecified atom stereocenters. The fourth-order valence-electron chi connectivity index (χ4n) is 4.28. The van der Waals surface area contributed by atoms with Crippen LogP contribution in [0, 0.1) is 5.92 Å². The third kappa shape index (κ3) is 5.05. The van der Waals surface area contributed by atoms with Crippen molar-refractivity contribution in [3.05, 3.63) is 70.8 Å². The van der Waals surface area contributed by atoms with Crippen molar-refractivity contribution in [1.29, 1.82) is 0 Å². The van der Waals surface area contributed by atoms with Crippen LogP contribution in [0.5, 0.6) is 5.75 Å². The van der Waals surface area contributed by atoms with E-state index in [1.54, 1.807) is 13.2 Å². The highest BCUT2D eigenvalue weighted by Crippen LogP contribution is 2.50. The quantitative estimate of drug-likeness (QED) is 0.459. The van der Waals surface area contributed by atoms with Gasteiger partial charge < -0.3 is 14.4 Å². The molecular weight excluding hydrogens is 398 g/mol. The number of methoxy groups -OCH3 is 2. The van der Waals surface area contributed by atoms with Gasteiger partial charge >= 0.3 is 5.97 Å². The van der Waals surface area contributed by atoms with Crippen LogP contribution in [0.15, 0.2) is 54.1 Å². The topological polar surface area (TPSA) is 38.8 Å². The summed E-state index contributed by atoms with van der Waals surface area (Å²) in [5.74, 6) is 0.811. The first kappa shape index (κ1) is 22.4. The predicted octanol–water partition coefficient (Wildman–Crippen LogP) is 5.36. The minimum atomic E-state index is -0.511. The number of esters is 1. The highest BCUT2D eigenvalue weighted by Gasteiger charge is 2.42. The molecule has 0 amide bonds. The molecule has 2 aromatic carbocycles. The number of rotatable bonds is 6. The molecule has 0 saturated heterocycles. The average Bonchev–Trinajstić information content (AvgIpc) is 2.75. The number of benzene rings is 2. The van der Waals surface area contributed by atoms with Crippen LogP contribution in [0.25, 0.3) is 6.08 Å². The van der Waals surface area contributed by atoms with Gasteiger partial charge in [0.15, 0.2) is 0 Å². The summed E-state index contributed by atoms with van der Waals surface area (Å²) >= 11 is 7.41. The molecule has 1 aliphatic carbocycles. The van der Waals surface area contributed by atoms with Gasteiger partial charge in [-0.25, -0.2) is 4.79 Å². The number of halogens is 1. The number of carbonyl (C=O) groups excluding carboxylic acids is 1. The average molecular weight is 428 g/mol. The van der Waals surface area contributed by atoms with Crippen LogP contribution in [0.3, 0.4) is 0 Å². The molecule has 0 spiro atoms. The number of nitrogens with zero attached hydrogens (tertiary/aromatic N) is 1. The van der Waals surface area contributed by atoms with Gasteiger partial charge in [-0.05, 0) is 74.7 Å². The Hall–Kier alpha value is -2.30. The first-order chi connectivity index (χ1) is 14.4. The van der Waals surface area contributed by atoms with E-state index in [0.29, 0.717) is 11.5 Å². The Morgan fingerprint density at radius 1 is 1.20 bits per heavy atom. The number of allylic oxidation sites excluding steroid dienone is 1. The molecular formula is C25H30ClNO3. The number of hydrogen-bond acceptors (Lipinski definition) is 4. The highest BCUT2D eigenvalue weighted by atomic mass is 35.5. The Balaban J connectivity index is 1.95. The molecule has 0 N–H and O–H groups in total. The Labute approximate surface area is 184 Å². The number of carbonyl (C=O) groups is 1. The van der Waals surface area contributed by atoms with Crippen molar-refractivity contribution in [2.24, 2.45) is 5.92 Å². The second-order valence-electron chi connectivity index (χ2n) is 8.19. The Bertz CT molecular complexity index is 924. The van der Waals surface area contributed by atoms with E-state index in [1.807, 2.05) is 30.3 Å². The third-order valence-electron chi connectivity index (χ3n) is 5.76. The number of ether oxygens (including phenoxy) is 2. The molecule has 0 radical (unpaired) electrons. The normalized spacial score (nSPS) is 22.9. The van der Waals surface area contributed by atoms with Gasteiger partial charge in [0, 0.05) is 6.54 Å². The van der Waals surface area contributed by atoms with Crippen LogP contribution in [-0.4, -0.2) is 45.7 Å². The van der Waals surface area contributed by atoms with Crippen molar-refractivity contribution in [3.8, 4) is 5.75 Å². The predicted molar refractivity (Wildman–Crippen MR) is 122 cm³/mol. The maximum atomic E-state index is 11.9. The highest BCUT2D eigenvalue weighted by molar-refractivity contribution is 6.24. The van der Waals surface area contributed by atoms with Gasteiger partial charge in [-0.3, -0.25) is 0 Å². The summed E-state index contributed by atoms with van der Waals surface area (Å²) in [6, 6.07) is 15.6. The zero-order valence-electron chi connectivity index (χ0n) is 18.2. The molecule has 1 saturated carbocycles. The lowest BCUT2D eigenvalue weighted by Gasteiger charge is -2.42. The second kappa shape index (κ2) is 9.67. The van der Waals surface area contributed by atoms with E-state index in [-0.39, 0.29) is 5.97 Å². The van der Waals surface area contributed by atoms with Crippen molar-refractivity contribution < 1.29 is 14.3 Å². The molecule has 5 heteroatoms. The fourth-order valence-corrected chi connectivity index (χ4v) is 4.75. The van der Waals surface area contributed by atoms with E-state index in [1.165, 1.54) is 12.7 Å². The molecule has 2 aromatic rings. The molecule has 30 heavy (non-hydrogen) atoms. The molecule has 2 atom stereocenters. The summed E-state index contributed by atoms with van der Waals surface area (Å²) in [5, 5.41) is 0. The molecule has 1 aliphatic rings. The molecule has 0 bridgehead atoms. The minimum absolute atomic E-state index is 0.319. The van der Waals surface area contributed by atoms with Gasteiger partial charge in [-0.15, -0.1) is 11.6 Å². The number of alkyl halides is 1. The van der Waals surface area contributed by atoms with Crippen molar-refractivity contribution in [2.75, 3.05) is 34.9 Å². The summed E-state index contributed by atoms with van der Waals surface area (Å²) in [4.78, 5) is 13.6. The van der Waals surface area contributed by atoms with E-state index >= 15 is 0 Å². The molecule has 1 fully saturated rings. The summed E-state index contributed by atoms with van der Waals surface area (Å²) in [5.41, 5.74) is 3.91. The lowest BCUT2D eigenvalue weighted by molar-refractivity contribution is 0.0600. The zero-order chi connectivity index (χ0) is 21.7. The van der Waals surface area contributed by atoms with Crippen molar-refractivity contribution in [1.82, 2.24) is 4.90 Å². The van der Waals surface area contributed by atoms with Crippen LogP contribution in [0.1, 0.15) is 40.7 Å². The van der Waals surface area contributed by atoms with Crippen LogP contribution in [0.2, 0.25) is 0 Å². The standard InChI is InChI=1S/C25H30ClNO3/c1-27(2)17-22-12-11-19(13-18-7-5-8-20(14-18)24(28)30-4)16-25(22,26)21-9-6-10-23(15-21)29-3/h5-10,13-15,22H,11-12,16-17H2,1-4H3. The summed E-state index contributed by atoms with van der Waals surface area (Å²) in [6.45, 7) is 0.922. The largest absolute Gasteiger partial charge is 0.497 e. The van der Waals surface area contributed by atoms with Gasteiger partial charge in [-0.1, -0.05) is 35.9 Å². The first-order valence-electron chi connectivity index (χ1n) is 10.2. The van der Waals surface area contributed by atoms with Gasteiger partial charge in [0.05, 0.1) is 24.7 Å². The van der Waals surface area contributed by atoms with Gasteiger partial charge in [0.25, 0.3) is 0 Å². The Morgan fingerprint density at radius 2 is 1.97 bits per heavy atom. The van der Waals surface area contributed by atoms with Crippen molar-refractivity contribution in [2.45, 2.75) is 24.1 Å². The zero-order valence-corrected chi connectivity index (χ0v) is 18.9. The minimum Gasteiger partial charge on any atom is -0.497 e. The van der Waals surface area contributed by atoms with Gasteiger partial charge in [-0.2, -0.15) is 0 Å². The van der Waals surface area contributed by atoms with E-state index in [9.17, 15) is 4.79 Å². The van der Waals surface area contributed by atoms with Gasteiger partial charge in [0.1, 0.15) is 5.75 Å². The Morgan fingerprint density at radius 3 is 2.67 bits per heavy atom. The third-order valence-corrected chi connectivity index (χ3v) is 6.42. The molecule has 0 aromatic heterocycles. The fraction of sp³-hybridized carbons (Fsp3) is 0.400. The maximum absolute atomic E-state index is 11.9. The second-order valence-corrected chi connectivity index (χ2v) is 8.86. The van der Waals surface area contributed by atoms with E-state index < -0.39 is 4.87 Å². The summed E-state index contributed by atoms with van der Waals surface area (Å²) in [7, 11) is 7.26. The first-order valence-corrected chi connectivity index (χ1v) is 10.6. The van der Waals surface area contributed by atoms with E-state index in [2.05, 4.69) is 37.2 Å². The molecule has 0 aliphatic heterocycles. The van der Waals surface area contributed by atoms with Crippen LogP contribution < -0.4 is 4.74 Å².